The number of thiazole rings is 1. The lowest BCUT2D eigenvalue weighted by Gasteiger charge is -2.06. The van der Waals surface area contributed by atoms with Crippen molar-refractivity contribution in [1.82, 2.24) is 10.3 Å². The number of nitrogens with one attached hydrogen (secondary N) is 1. The van der Waals surface area contributed by atoms with Crippen LogP contribution in [-0.4, -0.2) is 24.0 Å². The smallest absolute Gasteiger partial charge is 0.251 e. The molecule has 0 fully saturated rings. The molecule has 0 aliphatic carbocycles. The van der Waals surface area contributed by atoms with Crippen molar-refractivity contribution in [3.8, 4) is 5.75 Å². The van der Waals surface area contributed by atoms with Crippen molar-refractivity contribution in [1.29, 1.82) is 0 Å². The van der Waals surface area contributed by atoms with Gasteiger partial charge in [-0.25, -0.2) is 4.98 Å². The van der Waals surface area contributed by atoms with E-state index >= 15 is 0 Å². The number of carbonyl (C=O) groups is 1. The van der Waals surface area contributed by atoms with Crippen molar-refractivity contribution in [2.24, 2.45) is 0 Å². The van der Waals surface area contributed by atoms with Crippen LogP contribution in [0.4, 0.5) is 0 Å². The Morgan fingerprint density at radius 1 is 1.35 bits per heavy atom. The maximum Gasteiger partial charge on any atom is 0.251 e. The normalized spacial score (nSPS) is 10.3. The van der Waals surface area contributed by atoms with E-state index in [9.17, 15) is 4.79 Å². The Bertz CT molecular complexity index is 564. The zero-order valence-corrected chi connectivity index (χ0v) is 12.5. The Morgan fingerprint density at radius 2 is 2.10 bits per heavy atom. The molecule has 0 radical (unpaired) electrons. The molecular formula is C15H18N2O2S. The van der Waals surface area contributed by atoms with E-state index in [-0.39, 0.29) is 5.91 Å². The number of aromatic nitrogens is 1. The summed E-state index contributed by atoms with van der Waals surface area (Å²) in [7, 11) is 0. The van der Waals surface area contributed by atoms with Crippen molar-refractivity contribution in [3.63, 3.8) is 0 Å². The molecule has 1 aromatic heterocycles. The second-order valence-corrected chi connectivity index (χ2v) is 5.29. The standard InChI is InChI=1S/C15H18N2O2S/c1-3-19-13-6-4-12(5-7-13)15(18)16-9-8-14-17-11(2)10-20-14/h4-7,10H,3,8-9H2,1-2H3,(H,16,18). The molecule has 20 heavy (non-hydrogen) atoms. The molecule has 1 heterocycles. The fourth-order valence-electron chi connectivity index (χ4n) is 1.77. The van der Waals surface area contributed by atoms with Crippen LogP contribution < -0.4 is 10.1 Å². The second kappa shape index (κ2) is 7.05. The first kappa shape index (κ1) is 14.5. The Labute approximate surface area is 122 Å². The highest BCUT2D eigenvalue weighted by atomic mass is 32.1. The average Bonchev–Trinajstić information content (AvgIpc) is 2.85. The highest BCUT2D eigenvalue weighted by molar-refractivity contribution is 7.09. The summed E-state index contributed by atoms with van der Waals surface area (Å²) in [5.74, 6) is 0.712. The molecule has 0 saturated carbocycles. The second-order valence-electron chi connectivity index (χ2n) is 4.35. The first-order valence-corrected chi connectivity index (χ1v) is 7.49. The maximum absolute atomic E-state index is 11.9. The van der Waals surface area contributed by atoms with Gasteiger partial charge in [0.15, 0.2) is 0 Å². The van der Waals surface area contributed by atoms with Gasteiger partial charge < -0.3 is 10.1 Å². The molecule has 0 aliphatic heterocycles. The fourth-order valence-corrected chi connectivity index (χ4v) is 2.55. The number of nitrogens with zero attached hydrogens (tertiary/aromatic N) is 1. The van der Waals surface area contributed by atoms with Gasteiger partial charge in [-0.1, -0.05) is 0 Å². The molecule has 2 aromatic rings. The van der Waals surface area contributed by atoms with Crippen LogP contribution in [0.2, 0.25) is 0 Å². The van der Waals surface area contributed by atoms with Gasteiger partial charge in [-0.05, 0) is 38.1 Å². The van der Waals surface area contributed by atoms with Crippen LogP contribution in [0.3, 0.4) is 0 Å². The van der Waals surface area contributed by atoms with Crippen molar-refractivity contribution in [2.75, 3.05) is 13.2 Å². The average molecular weight is 290 g/mol. The van der Waals surface area contributed by atoms with Crippen LogP contribution in [0, 0.1) is 6.92 Å². The van der Waals surface area contributed by atoms with Crippen LogP contribution in [0.1, 0.15) is 28.0 Å². The van der Waals surface area contributed by atoms with E-state index in [2.05, 4.69) is 10.3 Å². The molecule has 1 amide bonds. The number of ether oxygens (including phenoxy) is 1. The first-order chi connectivity index (χ1) is 9.69. The largest absolute Gasteiger partial charge is 0.494 e. The molecule has 0 aliphatic rings. The molecule has 1 aromatic carbocycles. The Hall–Kier alpha value is -1.88. The van der Waals surface area contributed by atoms with Gasteiger partial charge >= 0.3 is 0 Å². The Balaban J connectivity index is 1.82. The Kier molecular flexibility index (Phi) is 5.12. The highest BCUT2D eigenvalue weighted by Gasteiger charge is 2.06. The van der Waals surface area contributed by atoms with Crippen LogP contribution >= 0.6 is 11.3 Å². The van der Waals surface area contributed by atoms with Crippen molar-refractivity contribution in [2.45, 2.75) is 20.3 Å². The van der Waals surface area contributed by atoms with E-state index in [0.717, 1.165) is 22.9 Å². The van der Waals surface area contributed by atoms with E-state index in [4.69, 9.17) is 4.74 Å². The number of hydrogen-bond donors (Lipinski definition) is 1. The van der Waals surface area contributed by atoms with Crippen molar-refractivity contribution in [3.05, 3.63) is 45.9 Å². The van der Waals surface area contributed by atoms with Gasteiger partial charge in [0.25, 0.3) is 5.91 Å². The van der Waals surface area contributed by atoms with Crippen molar-refractivity contribution < 1.29 is 9.53 Å². The van der Waals surface area contributed by atoms with E-state index in [1.54, 1.807) is 23.5 Å². The van der Waals surface area contributed by atoms with Crippen molar-refractivity contribution >= 4 is 17.2 Å². The minimum absolute atomic E-state index is 0.0682. The predicted octanol–water partition coefficient (Wildman–Crippen LogP) is 2.82. The lowest BCUT2D eigenvalue weighted by molar-refractivity contribution is 0.0954. The van der Waals surface area contributed by atoms with Gasteiger partial charge in [0.1, 0.15) is 5.75 Å². The minimum atomic E-state index is -0.0682. The van der Waals surface area contributed by atoms with Crippen LogP contribution in [-0.2, 0) is 6.42 Å². The number of rotatable bonds is 6. The van der Waals surface area contributed by atoms with Gasteiger partial charge in [0.2, 0.25) is 0 Å². The van der Waals surface area contributed by atoms with Gasteiger partial charge in [-0.2, -0.15) is 0 Å². The van der Waals surface area contributed by atoms with Crippen LogP contribution in [0.15, 0.2) is 29.6 Å². The minimum Gasteiger partial charge on any atom is -0.494 e. The maximum atomic E-state index is 11.9. The molecule has 4 nitrogen and oxygen atoms in total. The zero-order chi connectivity index (χ0) is 14.4. The lowest BCUT2D eigenvalue weighted by atomic mass is 10.2. The number of carbonyl (C=O) groups excluding carboxylic acids is 1. The summed E-state index contributed by atoms with van der Waals surface area (Å²) in [5.41, 5.74) is 1.67. The molecule has 5 heteroatoms. The third kappa shape index (κ3) is 4.06. The van der Waals surface area contributed by atoms with E-state index in [1.807, 2.05) is 31.4 Å². The summed E-state index contributed by atoms with van der Waals surface area (Å²) in [4.78, 5) is 16.3. The van der Waals surface area contributed by atoms with E-state index in [1.165, 1.54) is 0 Å². The van der Waals surface area contributed by atoms with E-state index < -0.39 is 0 Å². The number of amides is 1. The molecule has 0 spiro atoms. The molecule has 0 atom stereocenters. The monoisotopic (exact) mass is 290 g/mol. The molecular weight excluding hydrogens is 272 g/mol. The molecule has 0 saturated heterocycles. The summed E-state index contributed by atoms with van der Waals surface area (Å²) in [5, 5.41) is 5.96. The Morgan fingerprint density at radius 3 is 2.70 bits per heavy atom. The molecule has 106 valence electrons. The highest BCUT2D eigenvalue weighted by Crippen LogP contribution is 2.12. The molecule has 2 rings (SSSR count). The quantitative estimate of drug-likeness (QED) is 0.890. The third-order valence-corrected chi connectivity index (χ3v) is 3.74. The molecule has 1 N–H and O–H groups in total. The summed E-state index contributed by atoms with van der Waals surface area (Å²) in [6.45, 7) is 5.12. The number of hydrogen-bond acceptors (Lipinski definition) is 4. The molecule has 0 unspecified atom stereocenters. The summed E-state index contributed by atoms with van der Waals surface area (Å²) in [6, 6.07) is 7.16. The SMILES string of the molecule is CCOc1ccc(C(=O)NCCc2nc(C)cs2)cc1. The summed E-state index contributed by atoms with van der Waals surface area (Å²) in [6.07, 6.45) is 0.765. The number of benzene rings is 1. The summed E-state index contributed by atoms with van der Waals surface area (Å²) >= 11 is 1.63. The van der Waals surface area contributed by atoms with Crippen LogP contribution in [0.5, 0.6) is 5.75 Å². The van der Waals surface area contributed by atoms with E-state index in [0.29, 0.717) is 18.7 Å². The number of aryl methyl sites for hydroxylation is 1. The van der Waals surface area contributed by atoms with Gasteiger partial charge in [-0.15, -0.1) is 11.3 Å². The fraction of sp³-hybridized carbons (Fsp3) is 0.333. The topological polar surface area (TPSA) is 51.2 Å². The van der Waals surface area contributed by atoms with Gasteiger partial charge in [-0.3, -0.25) is 4.79 Å². The van der Waals surface area contributed by atoms with Gasteiger partial charge in [0.05, 0.1) is 11.6 Å². The lowest BCUT2D eigenvalue weighted by Crippen LogP contribution is -2.25. The van der Waals surface area contributed by atoms with Crippen LogP contribution in [0.25, 0.3) is 0 Å². The third-order valence-electron chi connectivity index (χ3n) is 2.72. The first-order valence-electron chi connectivity index (χ1n) is 6.61. The zero-order valence-electron chi connectivity index (χ0n) is 11.7. The molecule has 0 bridgehead atoms. The predicted molar refractivity (Wildman–Crippen MR) is 80.5 cm³/mol. The van der Waals surface area contributed by atoms with Gasteiger partial charge in [0, 0.05) is 29.6 Å². The summed E-state index contributed by atoms with van der Waals surface area (Å²) < 4.78 is 5.34.